The van der Waals surface area contributed by atoms with E-state index in [2.05, 4.69) is 22.0 Å². The van der Waals surface area contributed by atoms with Gasteiger partial charge < -0.3 is 0 Å². The molecule has 1 unspecified atom stereocenters. The van der Waals surface area contributed by atoms with Gasteiger partial charge in [0.15, 0.2) is 0 Å². The monoisotopic (exact) mass is 285 g/mol. The highest BCUT2D eigenvalue weighted by atomic mass is 79.9. The quantitative estimate of drug-likeness (QED) is 0.799. The van der Waals surface area contributed by atoms with Crippen molar-refractivity contribution in [2.45, 2.75) is 18.2 Å². The minimum Gasteiger partial charge on any atom is -0.298 e. The van der Waals surface area contributed by atoms with E-state index in [0.29, 0.717) is 10.6 Å². The van der Waals surface area contributed by atoms with Crippen molar-refractivity contribution >= 4 is 33.3 Å². The Hall–Kier alpha value is -0.850. The number of hydrogen-bond acceptors (Lipinski definition) is 2. The second-order valence-corrected chi connectivity index (χ2v) is 4.44. The Kier molecular flexibility index (Phi) is 4.31. The van der Waals surface area contributed by atoms with Crippen LogP contribution in [0.2, 0.25) is 5.02 Å². The second kappa shape index (κ2) is 5.29. The van der Waals surface area contributed by atoms with Gasteiger partial charge in [0.2, 0.25) is 0 Å². The Morgan fingerprint density at radius 2 is 2.33 bits per heavy atom. The van der Waals surface area contributed by atoms with E-state index < -0.39 is 4.83 Å². The zero-order valence-electron chi connectivity index (χ0n) is 8.13. The second-order valence-electron chi connectivity index (χ2n) is 3.12. The molecular weight excluding hydrogens is 277 g/mol. The molecule has 0 amide bonds. The number of carbonyl (C=O) groups is 1. The van der Waals surface area contributed by atoms with Gasteiger partial charge in [0.1, 0.15) is 5.78 Å². The smallest absolute Gasteiger partial charge is 0.147 e. The maximum atomic E-state index is 11.3. The summed E-state index contributed by atoms with van der Waals surface area (Å²) in [5.41, 5.74) is 1.50. The lowest BCUT2D eigenvalue weighted by Gasteiger charge is -2.12. The molecule has 1 aromatic rings. The third kappa shape index (κ3) is 2.80. The number of halogens is 2. The molecule has 0 heterocycles. The summed E-state index contributed by atoms with van der Waals surface area (Å²) in [5.74, 6) is -0.0257. The van der Waals surface area contributed by atoms with Crippen LogP contribution in [0.25, 0.3) is 0 Å². The number of nitriles is 1. The number of rotatable bonds is 3. The van der Waals surface area contributed by atoms with E-state index >= 15 is 0 Å². The summed E-state index contributed by atoms with van der Waals surface area (Å²) in [7, 11) is 0. The molecule has 0 saturated carbocycles. The van der Waals surface area contributed by atoms with Gasteiger partial charge in [-0.3, -0.25) is 4.79 Å². The van der Waals surface area contributed by atoms with Crippen molar-refractivity contribution in [1.82, 2.24) is 0 Å². The van der Waals surface area contributed by atoms with E-state index in [1.165, 1.54) is 6.92 Å². The fraction of sp³-hybridized carbons (Fsp3) is 0.273. The summed E-state index contributed by atoms with van der Waals surface area (Å²) in [5, 5.41) is 9.18. The molecule has 0 radical (unpaired) electrons. The maximum Gasteiger partial charge on any atom is 0.147 e. The van der Waals surface area contributed by atoms with Gasteiger partial charge >= 0.3 is 0 Å². The molecule has 1 aromatic carbocycles. The lowest BCUT2D eigenvalue weighted by atomic mass is 10.0. The van der Waals surface area contributed by atoms with Crippen LogP contribution < -0.4 is 0 Å². The van der Waals surface area contributed by atoms with Crippen LogP contribution in [-0.2, 0) is 11.2 Å². The van der Waals surface area contributed by atoms with Gasteiger partial charge in [-0.2, -0.15) is 5.26 Å². The fourth-order valence-electron chi connectivity index (χ4n) is 1.31. The van der Waals surface area contributed by atoms with Crippen LogP contribution >= 0.6 is 27.5 Å². The summed E-state index contributed by atoms with van der Waals surface area (Å²) < 4.78 is 0. The first-order chi connectivity index (χ1) is 7.07. The summed E-state index contributed by atoms with van der Waals surface area (Å²) >= 11 is 9.29. The summed E-state index contributed by atoms with van der Waals surface area (Å²) in [6.07, 6.45) is 0.255. The third-order valence-electron chi connectivity index (χ3n) is 2.02. The maximum absolute atomic E-state index is 11.3. The zero-order chi connectivity index (χ0) is 11.4. The minimum atomic E-state index is -0.436. The third-order valence-corrected chi connectivity index (χ3v) is 3.46. The van der Waals surface area contributed by atoms with E-state index in [9.17, 15) is 4.79 Å². The van der Waals surface area contributed by atoms with Crippen LogP contribution in [0.3, 0.4) is 0 Å². The number of Topliss-reactive ketones (excluding diaryl/α,β-unsaturated/α-hetero) is 1. The Morgan fingerprint density at radius 3 is 2.87 bits per heavy atom. The first-order valence-corrected chi connectivity index (χ1v) is 5.66. The number of ketones is 1. The zero-order valence-corrected chi connectivity index (χ0v) is 10.5. The topological polar surface area (TPSA) is 40.9 Å². The van der Waals surface area contributed by atoms with Crippen molar-refractivity contribution in [1.29, 1.82) is 5.26 Å². The lowest BCUT2D eigenvalue weighted by Crippen LogP contribution is -2.05. The van der Waals surface area contributed by atoms with E-state index in [0.717, 1.165) is 5.56 Å². The van der Waals surface area contributed by atoms with Gasteiger partial charge in [-0.25, -0.2) is 0 Å². The molecule has 2 nitrogen and oxygen atoms in total. The fourth-order valence-corrected chi connectivity index (χ4v) is 2.28. The molecule has 0 bridgehead atoms. The molecule has 0 aliphatic carbocycles. The van der Waals surface area contributed by atoms with Crippen LogP contribution in [0.5, 0.6) is 0 Å². The van der Waals surface area contributed by atoms with Crippen molar-refractivity contribution in [3.63, 3.8) is 0 Å². The average Bonchev–Trinajstić information content (AvgIpc) is 2.17. The number of benzene rings is 1. The van der Waals surface area contributed by atoms with Gasteiger partial charge in [-0.05, 0) is 24.1 Å². The normalized spacial score (nSPS) is 11.9. The molecule has 1 rings (SSSR count). The van der Waals surface area contributed by atoms with E-state index in [1.54, 1.807) is 12.1 Å². The summed E-state index contributed by atoms with van der Waals surface area (Å²) in [4.78, 5) is 10.8. The van der Waals surface area contributed by atoms with Crippen molar-refractivity contribution in [3.05, 3.63) is 34.3 Å². The highest BCUT2D eigenvalue weighted by Gasteiger charge is 2.19. The number of carbonyl (C=O) groups excluding carboxylic acids is 1. The van der Waals surface area contributed by atoms with Gasteiger partial charge in [-0.1, -0.05) is 39.7 Å². The van der Waals surface area contributed by atoms with Gasteiger partial charge in [0.25, 0.3) is 0 Å². The molecule has 0 aliphatic rings. The molecule has 0 N–H and O–H groups in total. The minimum absolute atomic E-state index is 0.0257. The van der Waals surface area contributed by atoms with E-state index in [4.69, 9.17) is 16.9 Å². The van der Waals surface area contributed by atoms with Crippen molar-refractivity contribution in [3.8, 4) is 6.07 Å². The number of nitrogens with zero attached hydrogens (tertiary/aromatic N) is 1. The Balaban J connectivity index is 3.25. The SMILES string of the molecule is CC(=O)C(Br)c1c(Cl)cccc1CC#N. The van der Waals surface area contributed by atoms with Gasteiger partial charge in [-0.15, -0.1) is 0 Å². The molecule has 0 aliphatic heterocycles. The highest BCUT2D eigenvalue weighted by molar-refractivity contribution is 9.09. The largest absolute Gasteiger partial charge is 0.298 e. The van der Waals surface area contributed by atoms with Crippen LogP contribution in [0.15, 0.2) is 18.2 Å². The molecule has 0 saturated heterocycles. The van der Waals surface area contributed by atoms with Crippen molar-refractivity contribution in [2.24, 2.45) is 0 Å². The van der Waals surface area contributed by atoms with Crippen molar-refractivity contribution < 1.29 is 4.79 Å². The van der Waals surface area contributed by atoms with Crippen LogP contribution in [0, 0.1) is 11.3 Å². The van der Waals surface area contributed by atoms with Crippen LogP contribution in [0.4, 0.5) is 0 Å². The predicted molar refractivity (Wildman–Crippen MR) is 63.1 cm³/mol. The van der Waals surface area contributed by atoms with Gasteiger partial charge in [0, 0.05) is 5.02 Å². The van der Waals surface area contributed by atoms with E-state index in [1.807, 2.05) is 6.07 Å². The first-order valence-electron chi connectivity index (χ1n) is 4.36. The number of hydrogen-bond donors (Lipinski definition) is 0. The molecule has 4 heteroatoms. The Morgan fingerprint density at radius 1 is 1.67 bits per heavy atom. The Labute approximate surface area is 102 Å². The van der Waals surface area contributed by atoms with Crippen molar-refractivity contribution in [2.75, 3.05) is 0 Å². The average molecular weight is 287 g/mol. The first kappa shape index (κ1) is 12.2. The molecule has 78 valence electrons. The molecule has 0 aromatic heterocycles. The summed E-state index contributed by atoms with van der Waals surface area (Å²) in [6.45, 7) is 1.49. The van der Waals surface area contributed by atoms with Crippen LogP contribution in [-0.4, -0.2) is 5.78 Å². The summed E-state index contributed by atoms with van der Waals surface area (Å²) in [6, 6.07) is 7.36. The lowest BCUT2D eigenvalue weighted by molar-refractivity contribution is -0.116. The molecule has 0 spiro atoms. The van der Waals surface area contributed by atoms with Crippen LogP contribution in [0.1, 0.15) is 22.9 Å². The molecule has 15 heavy (non-hydrogen) atoms. The standard InChI is InChI=1S/C11H9BrClNO/c1-7(15)11(12)10-8(5-6-14)3-2-4-9(10)13/h2-4,11H,5H2,1H3. The number of alkyl halides is 1. The predicted octanol–water partition coefficient (Wildman–Crippen LogP) is 3.43. The highest BCUT2D eigenvalue weighted by Crippen LogP contribution is 2.33. The van der Waals surface area contributed by atoms with E-state index in [-0.39, 0.29) is 12.2 Å². The molecule has 0 fully saturated rings. The Bertz CT molecular complexity index is 425. The molecule has 1 atom stereocenters. The molecular formula is C11H9BrClNO. The van der Waals surface area contributed by atoms with Gasteiger partial charge in [0.05, 0.1) is 17.3 Å².